The Bertz CT molecular complexity index is 412. The van der Waals surface area contributed by atoms with E-state index in [4.69, 9.17) is 5.73 Å². The fourth-order valence-electron chi connectivity index (χ4n) is 2.73. The standard InChI is InChI=1S/C12H19N5/c13-12-15-10-8-14-5-4-9(10)11(16-12)17-6-2-1-3-7-17/h14H,1-8H2,(H2,13,15,16). The van der Waals surface area contributed by atoms with E-state index in [0.717, 1.165) is 44.1 Å². The Morgan fingerprint density at radius 3 is 2.76 bits per heavy atom. The Hall–Kier alpha value is -1.36. The van der Waals surface area contributed by atoms with Crippen molar-refractivity contribution in [2.24, 2.45) is 0 Å². The zero-order valence-corrected chi connectivity index (χ0v) is 10.1. The van der Waals surface area contributed by atoms with Gasteiger partial charge in [0.05, 0.1) is 5.69 Å². The highest BCUT2D eigenvalue weighted by Gasteiger charge is 2.21. The van der Waals surface area contributed by atoms with Crippen molar-refractivity contribution in [3.05, 3.63) is 11.3 Å². The fourth-order valence-corrected chi connectivity index (χ4v) is 2.73. The van der Waals surface area contributed by atoms with Gasteiger partial charge in [-0.3, -0.25) is 0 Å². The Balaban J connectivity index is 1.98. The highest BCUT2D eigenvalue weighted by Crippen LogP contribution is 2.26. The van der Waals surface area contributed by atoms with Gasteiger partial charge in [-0.15, -0.1) is 0 Å². The Labute approximate surface area is 101 Å². The largest absolute Gasteiger partial charge is 0.368 e. The van der Waals surface area contributed by atoms with Gasteiger partial charge in [0.1, 0.15) is 5.82 Å². The summed E-state index contributed by atoms with van der Waals surface area (Å²) in [5, 5.41) is 3.33. The predicted molar refractivity (Wildman–Crippen MR) is 67.9 cm³/mol. The van der Waals surface area contributed by atoms with Crippen LogP contribution in [0.1, 0.15) is 30.5 Å². The smallest absolute Gasteiger partial charge is 0.222 e. The topological polar surface area (TPSA) is 67.1 Å². The van der Waals surface area contributed by atoms with Crippen molar-refractivity contribution in [3.63, 3.8) is 0 Å². The normalized spacial score (nSPS) is 20.1. The minimum Gasteiger partial charge on any atom is -0.368 e. The molecule has 3 rings (SSSR count). The molecule has 2 aliphatic rings. The van der Waals surface area contributed by atoms with Crippen LogP contribution in [0, 0.1) is 0 Å². The van der Waals surface area contributed by atoms with E-state index >= 15 is 0 Å². The van der Waals surface area contributed by atoms with Gasteiger partial charge in [-0.1, -0.05) is 0 Å². The van der Waals surface area contributed by atoms with E-state index in [-0.39, 0.29) is 0 Å². The maximum Gasteiger partial charge on any atom is 0.222 e. The lowest BCUT2D eigenvalue weighted by molar-refractivity contribution is 0.563. The minimum atomic E-state index is 0.410. The Morgan fingerprint density at radius 2 is 1.94 bits per heavy atom. The van der Waals surface area contributed by atoms with Gasteiger partial charge in [0.15, 0.2) is 0 Å². The SMILES string of the molecule is Nc1nc2c(c(N3CCCCC3)n1)CCNC2. The molecule has 0 unspecified atom stereocenters. The first-order chi connectivity index (χ1) is 8.34. The monoisotopic (exact) mass is 233 g/mol. The van der Waals surface area contributed by atoms with Crippen molar-refractivity contribution < 1.29 is 0 Å². The van der Waals surface area contributed by atoms with Gasteiger partial charge in [-0.25, -0.2) is 4.98 Å². The van der Waals surface area contributed by atoms with E-state index in [9.17, 15) is 0 Å². The highest BCUT2D eigenvalue weighted by molar-refractivity contribution is 5.53. The first-order valence-corrected chi connectivity index (χ1v) is 6.45. The van der Waals surface area contributed by atoms with Gasteiger partial charge in [0.25, 0.3) is 0 Å². The number of nitrogen functional groups attached to an aromatic ring is 1. The molecule has 2 aliphatic heterocycles. The second-order valence-electron chi connectivity index (χ2n) is 4.81. The van der Waals surface area contributed by atoms with Gasteiger partial charge >= 0.3 is 0 Å². The zero-order chi connectivity index (χ0) is 11.7. The fraction of sp³-hybridized carbons (Fsp3) is 0.667. The summed E-state index contributed by atoms with van der Waals surface area (Å²) < 4.78 is 0. The molecule has 17 heavy (non-hydrogen) atoms. The van der Waals surface area contributed by atoms with E-state index in [1.165, 1.54) is 24.8 Å². The highest BCUT2D eigenvalue weighted by atomic mass is 15.2. The molecule has 0 spiro atoms. The molecule has 3 heterocycles. The Kier molecular flexibility index (Phi) is 2.84. The quantitative estimate of drug-likeness (QED) is 0.747. The van der Waals surface area contributed by atoms with Crippen LogP contribution < -0.4 is 16.0 Å². The van der Waals surface area contributed by atoms with Crippen molar-refractivity contribution in [3.8, 4) is 0 Å². The van der Waals surface area contributed by atoms with E-state index in [1.54, 1.807) is 0 Å². The first-order valence-electron chi connectivity index (χ1n) is 6.45. The third kappa shape index (κ3) is 2.07. The van der Waals surface area contributed by atoms with Crippen LogP contribution in [0.4, 0.5) is 11.8 Å². The summed E-state index contributed by atoms with van der Waals surface area (Å²) in [5.41, 5.74) is 8.21. The molecule has 1 aromatic heterocycles. The summed E-state index contributed by atoms with van der Waals surface area (Å²) in [5.74, 6) is 1.50. The average Bonchev–Trinajstić information content (AvgIpc) is 2.39. The summed E-state index contributed by atoms with van der Waals surface area (Å²) in [6, 6.07) is 0. The van der Waals surface area contributed by atoms with E-state index < -0.39 is 0 Å². The van der Waals surface area contributed by atoms with Crippen molar-refractivity contribution in [2.45, 2.75) is 32.2 Å². The van der Waals surface area contributed by atoms with Crippen LogP contribution in [-0.2, 0) is 13.0 Å². The summed E-state index contributed by atoms with van der Waals surface area (Å²) in [6.07, 6.45) is 4.87. The second-order valence-corrected chi connectivity index (χ2v) is 4.81. The van der Waals surface area contributed by atoms with Gasteiger partial charge in [0.2, 0.25) is 5.95 Å². The third-order valence-corrected chi connectivity index (χ3v) is 3.59. The molecule has 5 heteroatoms. The summed E-state index contributed by atoms with van der Waals surface area (Å²) >= 11 is 0. The molecule has 1 aromatic rings. The number of fused-ring (bicyclic) bond motifs is 1. The van der Waals surface area contributed by atoms with E-state index in [2.05, 4.69) is 20.2 Å². The lowest BCUT2D eigenvalue weighted by Crippen LogP contribution is -2.34. The molecule has 5 nitrogen and oxygen atoms in total. The third-order valence-electron chi connectivity index (χ3n) is 3.59. The molecule has 0 aliphatic carbocycles. The van der Waals surface area contributed by atoms with Crippen LogP contribution in [0.3, 0.4) is 0 Å². The van der Waals surface area contributed by atoms with Crippen LogP contribution in [0.25, 0.3) is 0 Å². The first kappa shape index (κ1) is 10.8. The van der Waals surface area contributed by atoms with Gasteiger partial charge < -0.3 is 16.0 Å². The number of nitrogens with two attached hydrogens (primary N) is 1. The van der Waals surface area contributed by atoms with Crippen molar-refractivity contribution in [1.82, 2.24) is 15.3 Å². The van der Waals surface area contributed by atoms with E-state index in [1.807, 2.05) is 0 Å². The maximum atomic E-state index is 5.81. The molecular formula is C12H19N5. The number of aromatic nitrogens is 2. The molecule has 1 fully saturated rings. The van der Waals surface area contributed by atoms with Gasteiger partial charge in [0, 0.05) is 25.2 Å². The number of rotatable bonds is 1. The van der Waals surface area contributed by atoms with Crippen LogP contribution >= 0.6 is 0 Å². The second kappa shape index (κ2) is 4.49. The van der Waals surface area contributed by atoms with Gasteiger partial charge in [-0.05, 0) is 32.2 Å². The molecule has 3 N–H and O–H groups in total. The van der Waals surface area contributed by atoms with E-state index in [0.29, 0.717) is 5.95 Å². The summed E-state index contributed by atoms with van der Waals surface area (Å²) in [4.78, 5) is 11.2. The van der Waals surface area contributed by atoms with Gasteiger partial charge in [-0.2, -0.15) is 4.98 Å². The number of nitrogens with zero attached hydrogens (tertiary/aromatic N) is 3. The van der Waals surface area contributed by atoms with Crippen LogP contribution in [-0.4, -0.2) is 29.6 Å². The van der Waals surface area contributed by atoms with Crippen LogP contribution in [0.15, 0.2) is 0 Å². The minimum absolute atomic E-state index is 0.410. The average molecular weight is 233 g/mol. The van der Waals surface area contributed by atoms with Crippen LogP contribution in [0.2, 0.25) is 0 Å². The molecule has 0 saturated carbocycles. The molecule has 0 bridgehead atoms. The number of hydrogen-bond acceptors (Lipinski definition) is 5. The lowest BCUT2D eigenvalue weighted by atomic mass is 10.0. The molecule has 0 amide bonds. The summed E-state index contributed by atoms with van der Waals surface area (Å²) in [7, 11) is 0. The number of anilines is 2. The Morgan fingerprint density at radius 1 is 1.12 bits per heavy atom. The molecule has 1 saturated heterocycles. The van der Waals surface area contributed by atoms with Crippen LogP contribution in [0.5, 0.6) is 0 Å². The lowest BCUT2D eigenvalue weighted by Gasteiger charge is -2.31. The summed E-state index contributed by atoms with van der Waals surface area (Å²) in [6.45, 7) is 4.05. The van der Waals surface area contributed by atoms with Crippen molar-refractivity contribution in [1.29, 1.82) is 0 Å². The predicted octanol–water partition coefficient (Wildman–Crippen LogP) is 0.695. The van der Waals surface area contributed by atoms with Crippen molar-refractivity contribution >= 4 is 11.8 Å². The number of nitrogens with one attached hydrogen (secondary N) is 1. The number of piperidine rings is 1. The molecular weight excluding hydrogens is 214 g/mol. The maximum absolute atomic E-state index is 5.81. The number of hydrogen-bond donors (Lipinski definition) is 2. The zero-order valence-electron chi connectivity index (χ0n) is 10.1. The molecule has 0 radical (unpaired) electrons. The molecule has 0 atom stereocenters. The molecule has 92 valence electrons. The van der Waals surface area contributed by atoms with Crippen molar-refractivity contribution in [2.75, 3.05) is 30.3 Å². The molecule has 0 aromatic carbocycles.